The van der Waals surface area contributed by atoms with Gasteiger partial charge in [-0.2, -0.15) is 11.8 Å². The molecule has 0 saturated heterocycles. The van der Waals surface area contributed by atoms with Crippen molar-refractivity contribution in [2.45, 2.75) is 32.1 Å². The average Bonchev–Trinajstić information content (AvgIpc) is 2.72. The summed E-state index contributed by atoms with van der Waals surface area (Å²) in [7, 11) is 0. The standard InChI is InChI=1S/C23H27NO4S2/c1-16-8-10-19(11-9-16)13-29-15-21(23(27)28)24-22(26)20(14-30-17(2)25)12-18-6-4-3-5-7-18/h3-11,20-21H,12-15H2,1-2H3,(H,24,26)(H,27,28)/t20-,21+/m1/s1. The van der Waals surface area contributed by atoms with Gasteiger partial charge in [0.1, 0.15) is 6.04 Å². The van der Waals surface area contributed by atoms with Gasteiger partial charge < -0.3 is 10.4 Å². The number of aliphatic carboxylic acids is 1. The lowest BCUT2D eigenvalue weighted by atomic mass is 10.00. The predicted octanol–water partition coefficient (Wildman–Crippen LogP) is 3.94. The molecule has 0 saturated carbocycles. The fourth-order valence-corrected chi connectivity index (χ4v) is 4.50. The molecule has 0 bridgehead atoms. The van der Waals surface area contributed by atoms with Crippen LogP contribution in [0, 0.1) is 12.8 Å². The van der Waals surface area contributed by atoms with Crippen LogP contribution in [0.2, 0.25) is 0 Å². The van der Waals surface area contributed by atoms with Crippen LogP contribution < -0.4 is 5.32 Å². The van der Waals surface area contributed by atoms with Crippen LogP contribution in [0.1, 0.15) is 23.6 Å². The minimum absolute atomic E-state index is 0.0655. The maximum Gasteiger partial charge on any atom is 0.327 e. The van der Waals surface area contributed by atoms with E-state index in [1.54, 1.807) is 0 Å². The fraction of sp³-hybridized carbons (Fsp3) is 0.348. The summed E-state index contributed by atoms with van der Waals surface area (Å²) in [6.07, 6.45) is 0.454. The number of hydrogen-bond donors (Lipinski definition) is 2. The number of nitrogens with one attached hydrogen (secondary N) is 1. The molecule has 7 heteroatoms. The van der Waals surface area contributed by atoms with Crippen LogP contribution in [0.5, 0.6) is 0 Å². The van der Waals surface area contributed by atoms with Gasteiger partial charge >= 0.3 is 5.97 Å². The van der Waals surface area contributed by atoms with Gasteiger partial charge in [-0.05, 0) is 24.5 Å². The first-order valence-corrected chi connectivity index (χ1v) is 11.8. The Kier molecular flexibility index (Phi) is 9.97. The van der Waals surface area contributed by atoms with E-state index in [4.69, 9.17) is 0 Å². The molecule has 2 aromatic rings. The Balaban J connectivity index is 1.96. The first kappa shape index (κ1) is 24.0. The molecule has 0 radical (unpaired) electrons. The molecular formula is C23H27NO4S2. The van der Waals surface area contributed by atoms with Gasteiger partial charge in [-0.25, -0.2) is 4.79 Å². The topological polar surface area (TPSA) is 83.5 Å². The van der Waals surface area contributed by atoms with Crippen LogP contribution in [0.3, 0.4) is 0 Å². The van der Waals surface area contributed by atoms with Gasteiger partial charge in [0.25, 0.3) is 0 Å². The third kappa shape index (κ3) is 8.63. The quantitative estimate of drug-likeness (QED) is 0.545. The molecule has 0 aliphatic heterocycles. The molecule has 160 valence electrons. The van der Waals surface area contributed by atoms with Crippen LogP contribution in [0.15, 0.2) is 54.6 Å². The Labute approximate surface area is 186 Å². The van der Waals surface area contributed by atoms with Crippen molar-refractivity contribution < 1.29 is 19.5 Å². The summed E-state index contributed by atoms with van der Waals surface area (Å²) in [6, 6.07) is 16.6. The number of carbonyl (C=O) groups excluding carboxylic acids is 2. The summed E-state index contributed by atoms with van der Waals surface area (Å²) >= 11 is 2.56. The Hall–Kier alpha value is -2.25. The van der Waals surface area contributed by atoms with E-state index in [9.17, 15) is 19.5 Å². The van der Waals surface area contributed by atoms with Crippen molar-refractivity contribution in [3.05, 3.63) is 71.3 Å². The molecule has 0 aliphatic rings. The lowest BCUT2D eigenvalue weighted by Gasteiger charge is -2.20. The molecule has 0 aromatic heterocycles. The van der Waals surface area contributed by atoms with Crippen molar-refractivity contribution in [1.29, 1.82) is 0 Å². The van der Waals surface area contributed by atoms with Crippen molar-refractivity contribution in [3.8, 4) is 0 Å². The minimum Gasteiger partial charge on any atom is -0.480 e. The van der Waals surface area contributed by atoms with Crippen LogP contribution >= 0.6 is 23.5 Å². The maximum absolute atomic E-state index is 12.8. The Morgan fingerprint density at radius 2 is 1.63 bits per heavy atom. The first-order valence-electron chi connectivity index (χ1n) is 9.69. The van der Waals surface area contributed by atoms with Gasteiger partial charge in [-0.1, -0.05) is 71.9 Å². The molecule has 0 spiro atoms. The molecule has 30 heavy (non-hydrogen) atoms. The van der Waals surface area contributed by atoms with Gasteiger partial charge in [0, 0.05) is 24.2 Å². The second-order valence-corrected chi connectivity index (χ2v) is 9.32. The number of rotatable bonds is 11. The van der Waals surface area contributed by atoms with Crippen LogP contribution in [-0.4, -0.2) is 39.6 Å². The largest absolute Gasteiger partial charge is 0.480 e. The van der Waals surface area contributed by atoms with Crippen molar-refractivity contribution in [1.82, 2.24) is 5.32 Å². The van der Waals surface area contributed by atoms with Gasteiger partial charge in [-0.3, -0.25) is 9.59 Å². The van der Waals surface area contributed by atoms with E-state index in [1.165, 1.54) is 24.2 Å². The first-order chi connectivity index (χ1) is 14.3. The molecule has 5 nitrogen and oxygen atoms in total. The Morgan fingerprint density at radius 3 is 2.23 bits per heavy atom. The number of aryl methyl sites for hydroxylation is 1. The van der Waals surface area contributed by atoms with E-state index < -0.39 is 17.9 Å². The summed E-state index contributed by atoms with van der Waals surface area (Å²) in [5, 5.41) is 12.2. The number of amides is 1. The van der Waals surface area contributed by atoms with Crippen molar-refractivity contribution >= 4 is 40.5 Å². The molecule has 0 fully saturated rings. The number of carboxylic acids is 1. The van der Waals surface area contributed by atoms with Crippen LogP contribution in [0.25, 0.3) is 0 Å². The van der Waals surface area contributed by atoms with E-state index in [-0.39, 0.29) is 16.8 Å². The Morgan fingerprint density at radius 1 is 0.967 bits per heavy atom. The molecule has 2 aromatic carbocycles. The maximum atomic E-state index is 12.8. The predicted molar refractivity (Wildman–Crippen MR) is 124 cm³/mol. The summed E-state index contributed by atoms with van der Waals surface area (Å²) in [4.78, 5) is 35.9. The minimum atomic E-state index is -1.06. The van der Waals surface area contributed by atoms with E-state index in [2.05, 4.69) is 5.32 Å². The van der Waals surface area contributed by atoms with E-state index in [1.807, 2.05) is 61.5 Å². The molecule has 0 aliphatic carbocycles. The Bertz CT molecular complexity index is 840. The van der Waals surface area contributed by atoms with Gasteiger partial charge in [0.05, 0.1) is 5.92 Å². The van der Waals surface area contributed by atoms with E-state index in [0.29, 0.717) is 17.9 Å². The lowest BCUT2D eigenvalue weighted by Crippen LogP contribution is -2.46. The number of carbonyl (C=O) groups is 3. The van der Waals surface area contributed by atoms with E-state index in [0.717, 1.165) is 22.9 Å². The second kappa shape index (κ2) is 12.4. The van der Waals surface area contributed by atoms with Gasteiger partial charge in [0.2, 0.25) is 5.91 Å². The lowest BCUT2D eigenvalue weighted by molar-refractivity contribution is -0.141. The zero-order valence-electron chi connectivity index (χ0n) is 17.2. The fourth-order valence-electron chi connectivity index (χ4n) is 2.79. The summed E-state index contributed by atoms with van der Waals surface area (Å²) in [5.74, 6) is -0.613. The molecule has 0 unspecified atom stereocenters. The molecule has 2 N–H and O–H groups in total. The van der Waals surface area contributed by atoms with Crippen LogP contribution in [0.4, 0.5) is 0 Å². The number of carboxylic acid groups (broad SMARTS) is 1. The molecule has 0 heterocycles. The molecule has 2 rings (SSSR count). The molecule has 1 amide bonds. The molecular weight excluding hydrogens is 418 g/mol. The van der Waals surface area contributed by atoms with E-state index >= 15 is 0 Å². The molecule has 2 atom stereocenters. The normalized spacial score (nSPS) is 12.7. The zero-order valence-corrected chi connectivity index (χ0v) is 18.8. The van der Waals surface area contributed by atoms with Gasteiger partial charge in [0.15, 0.2) is 5.12 Å². The highest BCUT2D eigenvalue weighted by molar-refractivity contribution is 8.13. The van der Waals surface area contributed by atoms with Crippen molar-refractivity contribution in [2.24, 2.45) is 5.92 Å². The monoisotopic (exact) mass is 445 g/mol. The smallest absolute Gasteiger partial charge is 0.327 e. The summed E-state index contributed by atoms with van der Waals surface area (Å²) < 4.78 is 0. The highest BCUT2D eigenvalue weighted by atomic mass is 32.2. The highest BCUT2D eigenvalue weighted by Gasteiger charge is 2.26. The van der Waals surface area contributed by atoms with Crippen molar-refractivity contribution in [2.75, 3.05) is 11.5 Å². The van der Waals surface area contributed by atoms with Crippen molar-refractivity contribution in [3.63, 3.8) is 0 Å². The highest BCUT2D eigenvalue weighted by Crippen LogP contribution is 2.18. The number of thioether (sulfide) groups is 2. The second-order valence-electron chi connectivity index (χ2n) is 7.09. The van der Waals surface area contributed by atoms with Crippen LogP contribution in [-0.2, 0) is 26.6 Å². The number of hydrogen-bond acceptors (Lipinski definition) is 5. The SMILES string of the molecule is CC(=O)SC[C@@H](Cc1ccccc1)C(=O)N[C@@H](CSCc1ccc(C)cc1)C(=O)O. The third-order valence-corrected chi connectivity index (χ3v) is 6.55. The van der Waals surface area contributed by atoms with Gasteiger partial charge in [-0.15, -0.1) is 0 Å². The number of benzene rings is 2. The average molecular weight is 446 g/mol. The third-order valence-electron chi connectivity index (χ3n) is 4.47. The summed E-state index contributed by atoms with van der Waals surface area (Å²) in [6.45, 7) is 3.48. The summed E-state index contributed by atoms with van der Waals surface area (Å²) in [5.41, 5.74) is 3.26. The zero-order chi connectivity index (χ0) is 21.9.